The van der Waals surface area contributed by atoms with E-state index in [1.807, 2.05) is 62.4 Å². The van der Waals surface area contributed by atoms with E-state index in [0.29, 0.717) is 11.3 Å². The largest absolute Gasteiger partial charge is 0.497 e. The van der Waals surface area contributed by atoms with Crippen LogP contribution in [0.4, 0.5) is 5.69 Å². The minimum atomic E-state index is -3.50. The number of ether oxygens (including phenoxy) is 1. The molecule has 1 aliphatic rings. The van der Waals surface area contributed by atoms with E-state index in [2.05, 4.69) is 5.32 Å². The molecule has 35 heavy (non-hydrogen) atoms. The van der Waals surface area contributed by atoms with Gasteiger partial charge in [0.2, 0.25) is 10.0 Å². The number of nitrogens with zero attached hydrogens (tertiary/aromatic N) is 1. The number of rotatable bonds is 7. The topological polar surface area (TPSA) is 75.7 Å². The van der Waals surface area contributed by atoms with Crippen molar-refractivity contribution in [2.75, 3.05) is 17.7 Å². The minimum absolute atomic E-state index is 0.0402. The quantitative estimate of drug-likeness (QED) is 0.499. The lowest BCUT2D eigenvalue weighted by molar-refractivity contribution is 0.0932. The lowest BCUT2D eigenvalue weighted by atomic mass is 9.87. The third-order valence-corrected chi connectivity index (χ3v) is 7.71. The van der Waals surface area contributed by atoms with E-state index in [1.165, 1.54) is 16.1 Å². The molecule has 0 heterocycles. The lowest BCUT2D eigenvalue weighted by Crippen LogP contribution is -2.31. The summed E-state index contributed by atoms with van der Waals surface area (Å²) in [6.45, 7) is 4.02. The highest BCUT2D eigenvalue weighted by molar-refractivity contribution is 7.92. The van der Waals surface area contributed by atoms with Gasteiger partial charge < -0.3 is 10.1 Å². The van der Waals surface area contributed by atoms with Crippen LogP contribution >= 0.6 is 0 Å². The van der Waals surface area contributed by atoms with Crippen molar-refractivity contribution in [3.05, 3.63) is 94.0 Å². The Bertz CT molecular complexity index is 1310. The molecular weight excluding hydrogens is 460 g/mol. The lowest BCUT2D eigenvalue weighted by Gasteiger charge is -2.27. The van der Waals surface area contributed by atoms with Crippen LogP contribution in [0.25, 0.3) is 0 Å². The van der Waals surface area contributed by atoms with Crippen molar-refractivity contribution < 1.29 is 17.9 Å². The van der Waals surface area contributed by atoms with Crippen LogP contribution in [0.1, 0.15) is 57.1 Å². The number of amides is 1. The first kappa shape index (κ1) is 24.8. The first-order chi connectivity index (χ1) is 16.7. The van der Waals surface area contributed by atoms with E-state index < -0.39 is 10.0 Å². The highest BCUT2D eigenvalue weighted by Gasteiger charge is 2.24. The first-order valence-electron chi connectivity index (χ1n) is 11.8. The Hall–Kier alpha value is -3.32. The molecular formula is C28H32N2O4S. The molecule has 184 valence electrons. The summed E-state index contributed by atoms with van der Waals surface area (Å²) in [5.74, 6) is 0.690. The summed E-state index contributed by atoms with van der Waals surface area (Å²) in [5, 5.41) is 3.17. The summed E-state index contributed by atoms with van der Waals surface area (Å²) in [6, 6.07) is 18.9. The maximum atomic E-state index is 13.0. The predicted molar refractivity (Wildman–Crippen MR) is 140 cm³/mol. The van der Waals surface area contributed by atoms with Crippen molar-refractivity contribution in [3.8, 4) is 5.75 Å². The second-order valence-electron chi connectivity index (χ2n) is 9.19. The van der Waals surface area contributed by atoms with Gasteiger partial charge in [-0.1, -0.05) is 36.4 Å². The van der Waals surface area contributed by atoms with Crippen molar-refractivity contribution >= 4 is 21.6 Å². The average molecular weight is 493 g/mol. The molecule has 0 fully saturated rings. The summed E-state index contributed by atoms with van der Waals surface area (Å²) in [6.07, 6.45) is 4.09. The summed E-state index contributed by atoms with van der Waals surface area (Å²) in [4.78, 5) is 13.0. The zero-order valence-corrected chi connectivity index (χ0v) is 21.5. The number of para-hydroxylation sites is 1. The molecule has 4 rings (SSSR count). The Morgan fingerprint density at radius 3 is 2.37 bits per heavy atom. The predicted octanol–water partition coefficient (Wildman–Crippen LogP) is 5.09. The number of aryl methyl sites for hydroxylation is 3. The van der Waals surface area contributed by atoms with Gasteiger partial charge >= 0.3 is 0 Å². The maximum absolute atomic E-state index is 13.0. The second kappa shape index (κ2) is 10.1. The number of anilines is 1. The summed E-state index contributed by atoms with van der Waals surface area (Å²) in [5.41, 5.74) is 6.21. The number of carbonyl (C=O) groups excluding carboxylic acids is 1. The molecule has 3 aromatic rings. The molecule has 0 spiro atoms. The van der Waals surface area contributed by atoms with Crippen LogP contribution in [-0.4, -0.2) is 27.7 Å². The van der Waals surface area contributed by atoms with E-state index in [-0.39, 0.29) is 18.5 Å². The van der Waals surface area contributed by atoms with Crippen molar-refractivity contribution in [1.82, 2.24) is 5.32 Å². The fourth-order valence-electron chi connectivity index (χ4n) is 4.80. The summed E-state index contributed by atoms with van der Waals surface area (Å²) >= 11 is 0. The van der Waals surface area contributed by atoms with Gasteiger partial charge in [0.05, 0.1) is 31.6 Å². The number of nitrogens with one attached hydrogen (secondary N) is 1. The molecule has 0 saturated carbocycles. The van der Waals surface area contributed by atoms with Crippen LogP contribution in [0.2, 0.25) is 0 Å². The molecule has 1 atom stereocenters. The van der Waals surface area contributed by atoms with Gasteiger partial charge in [0.1, 0.15) is 5.75 Å². The van der Waals surface area contributed by atoms with Crippen LogP contribution in [0, 0.1) is 13.8 Å². The van der Waals surface area contributed by atoms with Crippen LogP contribution in [-0.2, 0) is 23.0 Å². The van der Waals surface area contributed by atoms with E-state index >= 15 is 0 Å². The van der Waals surface area contributed by atoms with Crippen LogP contribution < -0.4 is 14.4 Å². The van der Waals surface area contributed by atoms with Crippen molar-refractivity contribution in [2.45, 2.75) is 45.7 Å². The molecule has 0 unspecified atom stereocenters. The number of hydrogen-bond donors (Lipinski definition) is 1. The fraction of sp³-hybridized carbons (Fsp3) is 0.321. The van der Waals surface area contributed by atoms with E-state index in [4.69, 9.17) is 4.74 Å². The molecule has 0 saturated heterocycles. The van der Waals surface area contributed by atoms with Crippen molar-refractivity contribution in [2.24, 2.45) is 0 Å². The Balaban J connectivity index is 1.51. The highest BCUT2D eigenvalue weighted by Crippen LogP contribution is 2.32. The van der Waals surface area contributed by atoms with Gasteiger partial charge in [-0.2, -0.15) is 0 Å². The van der Waals surface area contributed by atoms with Gasteiger partial charge in [0.15, 0.2) is 0 Å². The molecule has 7 heteroatoms. The first-order valence-corrected chi connectivity index (χ1v) is 13.6. The molecule has 1 amide bonds. The summed E-state index contributed by atoms with van der Waals surface area (Å²) < 4.78 is 32.0. The molecule has 1 N–H and O–H groups in total. The molecule has 0 aliphatic heterocycles. The Morgan fingerprint density at radius 1 is 1.06 bits per heavy atom. The number of carbonyl (C=O) groups is 1. The van der Waals surface area contributed by atoms with Gasteiger partial charge in [0, 0.05) is 5.56 Å². The smallest absolute Gasteiger partial charge is 0.251 e. The standard InChI is InChI=1S/C28H32N2O4S/c1-19-7-5-8-20(2)27(19)30(35(4,32)33)18-21-11-13-22(14-12-21)28(31)29-26-10-6-9-23-17-24(34-3)15-16-25(23)26/h5,7-8,11-17,26H,6,9-10,18H2,1-4H3,(H,29,31)/t26-/m1/s1. The Morgan fingerprint density at radius 2 is 1.74 bits per heavy atom. The SMILES string of the molecule is COc1ccc2c(c1)CCC[C@H]2NC(=O)c1ccc(CN(c2c(C)cccc2C)S(C)(=O)=O)cc1. The fourth-order valence-corrected chi connectivity index (χ4v) is 5.80. The van der Waals surface area contributed by atoms with Gasteiger partial charge in [-0.25, -0.2) is 8.42 Å². The van der Waals surface area contributed by atoms with Crippen molar-refractivity contribution in [1.29, 1.82) is 0 Å². The average Bonchev–Trinajstić information content (AvgIpc) is 2.83. The number of sulfonamides is 1. The second-order valence-corrected chi connectivity index (χ2v) is 11.1. The molecule has 6 nitrogen and oxygen atoms in total. The van der Waals surface area contributed by atoms with Crippen LogP contribution in [0.15, 0.2) is 60.7 Å². The molecule has 0 radical (unpaired) electrons. The Kier molecular flexibility index (Phi) is 7.17. The van der Waals surface area contributed by atoms with E-state index in [9.17, 15) is 13.2 Å². The zero-order valence-electron chi connectivity index (χ0n) is 20.7. The number of hydrogen-bond acceptors (Lipinski definition) is 4. The van der Waals surface area contributed by atoms with Crippen LogP contribution in [0.3, 0.4) is 0 Å². The minimum Gasteiger partial charge on any atom is -0.497 e. The Labute approximate surface area is 208 Å². The van der Waals surface area contributed by atoms with E-state index in [1.54, 1.807) is 19.2 Å². The molecule has 3 aromatic carbocycles. The van der Waals surface area contributed by atoms with Gasteiger partial charge in [-0.3, -0.25) is 9.10 Å². The van der Waals surface area contributed by atoms with Crippen molar-refractivity contribution in [3.63, 3.8) is 0 Å². The molecule has 0 aromatic heterocycles. The number of fused-ring (bicyclic) bond motifs is 1. The van der Waals surface area contributed by atoms with E-state index in [0.717, 1.165) is 47.3 Å². The van der Waals surface area contributed by atoms with Gasteiger partial charge in [0.25, 0.3) is 5.91 Å². The molecule has 0 bridgehead atoms. The molecule has 1 aliphatic carbocycles. The van der Waals surface area contributed by atoms with Crippen LogP contribution in [0.5, 0.6) is 5.75 Å². The van der Waals surface area contributed by atoms with Gasteiger partial charge in [-0.05, 0) is 85.2 Å². The number of benzene rings is 3. The highest BCUT2D eigenvalue weighted by atomic mass is 32.2. The number of methoxy groups -OCH3 is 1. The third kappa shape index (κ3) is 5.51. The maximum Gasteiger partial charge on any atom is 0.251 e. The van der Waals surface area contributed by atoms with Gasteiger partial charge in [-0.15, -0.1) is 0 Å². The normalized spacial score (nSPS) is 15.3. The third-order valence-electron chi connectivity index (χ3n) is 6.60. The monoisotopic (exact) mass is 492 g/mol. The zero-order chi connectivity index (χ0) is 25.2. The summed E-state index contributed by atoms with van der Waals surface area (Å²) in [7, 11) is -1.84.